The van der Waals surface area contributed by atoms with Gasteiger partial charge in [0.1, 0.15) is 0 Å². The topological polar surface area (TPSA) is 124 Å². The quantitative estimate of drug-likeness (QED) is 0.442. The number of carbonyl (C=O) groups excluding carboxylic acids is 3. The summed E-state index contributed by atoms with van der Waals surface area (Å²) < 4.78 is 30.9. The summed E-state index contributed by atoms with van der Waals surface area (Å²) >= 11 is 0. The average Bonchev–Trinajstić information content (AvgIpc) is 2.75. The van der Waals surface area contributed by atoms with Gasteiger partial charge in [-0.15, -0.1) is 0 Å². The molecule has 3 rings (SSSR count). The number of hydrogen-bond donors (Lipinski definition) is 0. The molecule has 2 aliphatic heterocycles. The fraction of sp³-hybridized carbons (Fsp3) is 0.667. The molecule has 0 bridgehead atoms. The second-order valence-electron chi connectivity index (χ2n) is 6.60. The molecule has 0 aromatic rings. The smallest absolute Gasteiger partial charge is 0.351 e. The normalized spacial score (nSPS) is 33.2. The van der Waals surface area contributed by atoms with Crippen LogP contribution in [0.2, 0.25) is 0 Å². The third-order valence-corrected chi connectivity index (χ3v) is 7.45. The monoisotopic (exact) mass is 371 g/mol. The summed E-state index contributed by atoms with van der Waals surface area (Å²) in [4.78, 5) is 35.5. The van der Waals surface area contributed by atoms with Crippen LogP contribution in [0.1, 0.15) is 32.1 Å². The largest absolute Gasteiger partial charge is 0.835 e. The van der Waals surface area contributed by atoms with Gasteiger partial charge in [0, 0.05) is 26.9 Å². The fourth-order valence-corrected chi connectivity index (χ4v) is 5.55. The molecule has 3 amide bonds. The molecule has 0 radical (unpaired) electrons. The zero-order chi connectivity index (χ0) is 18.6. The van der Waals surface area contributed by atoms with Gasteiger partial charge in [0.2, 0.25) is 20.7 Å². The van der Waals surface area contributed by atoms with Crippen molar-refractivity contribution in [1.82, 2.24) is 9.80 Å². The number of imide groups is 1. The van der Waals surface area contributed by atoms with Gasteiger partial charge in [-0.25, -0.2) is 18.0 Å². The summed E-state index contributed by atoms with van der Waals surface area (Å²) in [5, 5.41) is 12.3. The van der Waals surface area contributed by atoms with Crippen LogP contribution in [0.3, 0.4) is 0 Å². The van der Waals surface area contributed by atoms with Crippen LogP contribution < -0.4 is 5.11 Å². The van der Waals surface area contributed by atoms with E-state index in [1.165, 1.54) is 14.1 Å². The molecule has 138 valence electrons. The molecule has 0 aromatic carbocycles. The number of hydrogen-bond acceptors (Lipinski definition) is 7. The lowest BCUT2D eigenvalue weighted by Crippen LogP contribution is -2.63. The van der Waals surface area contributed by atoms with Crippen LogP contribution in [-0.4, -0.2) is 61.4 Å². The van der Waals surface area contributed by atoms with Gasteiger partial charge in [0.05, 0.1) is 5.92 Å². The van der Waals surface area contributed by atoms with Crippen LogP contribution in [0.5, 0.6) is 0 Å². The number of rotatable bonds is 1. The Hall–Kier alpha value is -1.94. The van der Waals surface area contributed by atoms with E-state index in [1.54, 1.807) is 0 Å². The van der Waals surface area contributed by atoms with E-state index in [4.69, 9.17) is 4.74 Å². The summed E-state index contributed by atoms with van der Waals surface area (Å²) in [7, 11) is -1.70. The van der Waals surface area contributed by atoms with E-state index in [2.05, 4.69) is 0 Å². The van der Waals surface area contributed by atoms with Gasteiger partial charge in [-0.1, -0.05) is 6.42 Å². The van der Waals surface area contributed by atoms with Gasteiger partial charge < -0.3 is 14.7 Å². The Morgan fingerprint density at radius 3 is 2.36 bits per heavy atom. The van der Waals surface area contributed by atoms with Crippen LogP contribution in [0, 0.1) is 5.92 Å². The number of sulfone groups is 1. The zero-order valence-electron chi connectivity index (χ0n) is 13.9. The second-order valence-corrected chi connectivity index (χ2v) is 8.79. The molecular formula is C15H19N2O7S-. The first-order valence-electron chi connectivity index (χ1n) is 8.02. The second kappa shape index (κ2) is 5.80. The van der Waals surface area contributed by atoms with Crippen LogP contribution in [-0.2, 0) is 24.2 Å². The maximum atomic E-state index is 12.9. The molecule has 2 saturated heterocycles. The Morgan fingerprint density at radius 1 is 1.16 bits per heavy atom. The third-order valence-electron chi connectivity index (χ3n) is 5.10. The van der Waals surface area contributed by atoms with Crippen LogP contribution in [0.15, 0.2) is 11.0 Å². The first-order chi connectivity index (χ1) is 11.6. The van der Waals surface area contributed by atoms with Gasteiger partial charge >= 0.3 is 12.0 Å². The van der Waals surface area contributed by atoms with E-state index in [-0.39, 0.29) is 12.8 Å². The van der Waals surface area contributed by atoms with Crippen LogP contribution in [0.25, 0.3) is 0 Å². The van der Waals surface area contributed by atoms with Gasteiger partial charge in [-0.2, -0.15) is 0 Å². The van der Waals surface area contributed by atoms with Gasteiger partial charge in [-0.3, -0.25) is 9.69 Å². The highest BCUT2D eigenvalue weighted by Gasteiger charge is 2.58. The van der Waals surface area contributed by atoms with E-state index >= 15 is 0 Å². The summed E-state index contributed by atoms with van der Waals surface area (Å²) in [5.41, 5.74) is 0. The van der Waals surface area contributed by atoms with Crippen molar-refractivity contribution in [2.24, 2.45) is 5.92 Å². The molecule has 25 heavy (non-hydrogen) atoms. The first-order valence-corrected chi connectivity index (χ1v) is 9.51. The number of nitrogens with zero attached hydrogens (tertiary/aromatic N) is 2. The van der Waals surface area contributed by atoms with Crippen molar-refractivity contribution in [2.75, 3.05) is 14.1 Å². The zero-order valence-corrected chi connectivity index (χ0v) is 14.7. The number of urea groups is 1. The van der Waals surface area contributed by atoms with Gasteiger partial charge in [0.25, 0.3) is 0 Å². The van der Waals surface area contributed by atoms with Crippen molar-refractivity contribution in [3.05, 3.63) is 11.0 Å². The van der Waals surface area contributed by atoms with Crippen molar-refractivity contribution in [1.29, 1.82) is 0 Å². The highest BCUT2D eigenvalue weighted by molar-refractivity contribution is 7.97. The Morgan fingerprint density at radius 2 is 1.76 bits per heavy atom. The van der Waals surface area contributed by atoms with Crippen molar-refractivity contribution < 1.29 is 32.6 Å². The molecule has 10 heteroatoms. The van der Waals surface area contributed by atoms with Crippen molar-refractivity contribution >= 4 is 27.7 Å². The van der Waals surface area contributed by atoms with Crippen LogP contribution >= 0.6 is 0 Å². The molecule has 1 spiro atoms. The Kier molecular flexibility index (Phi) is 4.15. The number of esters is 1. The molecule has 1 saturated carbocycles. The number of ether oxygens (including phenoxy) is 1. The maximum Gasteiger partial charge on any atom is 0.351 e. The molecule has 9 nitrogen and oxygen atoms in total. The summed E-state index contributed by atoms with van der Waals surface area (Å²) in [5.74, 6) is -3.35. The summed E-state index contributed by atoms with van der Waals surface area (Å²) in [6.07, 6.45) is 1.55. The van der Waals surface area contributed by atoms with Gasteiger partial charge in [-0.05, 0) is 25.1 Å². The third kappa shape index (κ3) is 2.46. The van der Waals surface area contributed by atoms with Crippen molar-refractivity contribution in [2.45, 2.75) is 43.3 Å². The molecule has 3 fully saturated rings. The highest BCUT2D eigenvalue weighted by atomic mass is 32.2. The Bertz CT molecular complexity index is 767. The SMILES string of the molecule is CN1C(=O)C(C=C2C(=O)OC3(CCCCC3)S2(=O)=O)C([O-])N(C)C1=O. The Balaban J connectivity index is 2.01. The van der Waals surface area contributed by atoms with Crippen molar-refractivity contribution in [3.8, 4) is 0 Å². The summed E-state index contributed by atoms with van der Waals surface area (Å²) in [6.45, 7) is 0. The lowest BCUT2D eigenvalue weighted by molar-refractivity contribution is -0.458. The minimum absolute atomic E-state index is 0.204. The predicted octanol–water partition coefficient (Wildman–Crippen LogP) is -0.671. The Labute approximate surface area is 145 Å². The molecule has 2 heterocycles. The van der Waals surface area contributed by atoms with Crippen LogP contribution in [0.4, 0.5) is 4.79 Å². The minimum Gasteiger partial charge on any atom is -0.835 e. The molecule has 0 N–H and O–H groups in total. The number of carbonyl (C=O) groups is 3. The van der Waals surface area contributed by atoms with Crippen molar-refractivity contribution in [3.63, 3.8) is 0 Å². The van der Waals surface area contributed by atoms with E-state index in [1.807, 2.05) is 0 Å². The van der Waals surface area contributed by atoms with E-state index in [0.29, 0.717) is 12.8 Å². The van der Waals surface area contributed by atoms with Gasteiger partial charge in [0.15, 0.2) is 4.91 Å². The molecule has 1 aliphatic carbocycles. The maximum absolute atomic E-state index is 12.9. The molecule has 3 aliphatic rings. The first kappa shape index (κ1) is 17.9. The van der Waals surface area contributed by atoms with E-state index < -0.39 is 49.7 Å². The summed E-state index contributed by atoms with van der Waals surface area (Å²) in [6, 6.07) is -0.778. The molecule has 2 unspecified atom stereocenters. The lowest BCUT2D eigenvalue weighted by atomic mass is 9.97. The molecular weight excluding hydrogens is 352 g/mol. The van der Waals surface area contributed by atoms with E-state index in [0.717, 1.165) is 22.3 Å². The standard InChI is InChI=1S/C15H19N2O7S/c1-16-11(18)9(12(19)17(2)14(16)21)8-10-13(20)24-15(25(10,22)23)6-4-3-5-7-15/h8-9,11H,3-7H2,1-2H3/q-1. The fourth-order valence-electron chi connectivity index (χ4n) is 3.55. The minimum atomic E-state index is -4.12. The molecule has 2 atom stereocenters. The predicted molar refractivity (Wildman–Crippen MR) is 82.1 cm³/mol. The van der Waals surface area contributed by atoms with E-state index in [9.17, 15) is 27.9 Å². The lowest BCUT2D eigenvalue weighted by Gasteiger charge is -2.44. The highest BCUT2D eigenvalue weighted by Crippen LogP contribution is 2.45. The molecule has 0 aromatic heterocycles. The number of amides is 3. The average molecular weight is 371 g/mol.